The van der Waals surface area contributed by atoms with Crippen molar-refractivity contribution >= 4 is 34.1 Å². The number of likely N-dealkylation sites (N-methyl/N-ethyl adjacent to an activating group) is 1. The summed E-state index contributed by atoms with van der Waals surface area (Å²) in [6.45, 7) is 3.12. The number of carbonyl (C=O) groups excluding carboxylic acids is 2. The van der Waals surface area contributed by atoms with Crippen molar-refractivity contribution in [1.82, 2.24) is 19.8 Å². The molecule has 1 saturated heterocycles. The zero-order chi connectivity index (χ0) is 17.6. The fourth-order valence-electron chi connectivity index (χ4n) is 3.12. The Balaban J connectivity index is 1.43. The second kappa shape index (κ2) is 6.00. The van der Waals surface area contributed by atoms with Crippen molar-refractivity contribution in [3.05, 3.63) is 52.1 Å². The SMILES string of the molecule is Cc1cccc2cc(C(=O)N3CC(N(C)C(=O)c4cncs4)C3)[nH]c12. The molecule has 1 fully saturated rings. The van der Waals surface area contributed by atoms with Crippen LogP contribution < -0.4 is 0 Å². The number of aromatic nitrogens is 2. The lowest BCUT2D eigenvalue weighted by Gasteiger charge is -2.43. The van der Waals surface area contributed by atoms with Gasteiger partial charge in [-0.1, -0.05) is 18.2 Å². The Kier molecular flexibility index (Phi) is 3.80. The Morgan fingerprint density at radius 3 is 2.84 bits per heavy atom. The van der Waals surface area contributed by atoms with Gasteiger partial charge in [0.05, 0.1) is 17.7 Å². The quantitative estimate of drug-likeness (QED) is 0.786. The third-order valence-electron chi connectivity index (χ3n) is 4.76. The number of hydrogen-bond acceptors (Lipinski definition) is 4. The number of hydrogen-bond donors (Lipinski definition) is 1. The van der Waals surface area contributed by atoms with Crippen molar-refractivity contribution in [2.75, 3.05) is 20.1 Å². The molecule has 128 valence electrons. The summed E-state index contributed by atoms with van der Waals surface area (Å²) < 4.78 is 0. The smallest absolute Gasteiger partial charge is 0.270 e. The zero-order valence-corrected chi connectivity index (χ0v) is 14.8. The van der Waals surface area contributed by atoms with Gasteiger partial charge in [0, 0.05) is 31.0 Å². The fourth-order valence-corrected chi connectivity index (χ4v) is 3.72. The van der Waals surface area contributed by atoms with Crippen molar-refractivity contribution in [3.63, 3.8) is 0 Å². The van der Waals surface area contributed by atoms with Gasteiger partial charge in [0.25, 0.3) is 11.8 Å². The van der Waals surface area contributed by atoms with E-state index in [1.54, 1.807) is 28.6 Å². The summed E-state index contributed by atoms with van der Waals surface area (Å²) in [4.78, 5) is 36.2. The van der Waals surface area contributed by atoms with Crippen LogP contribution in [-0.2, 0) is 0 Å². The van der Waals surface area contributed by atoms with E-state index in [1.165, 1.54) is 11.3 Å². The van der Waals surface area contributed by atoms with Gasteiger partial charge in [0.15, 0.2) is 0 Å². The highest BCUT2D eigenvalue weighted by molar-refractivity contribution is 7.11. The summed E-state index contributed by atoms with van der Waals surface area (Å²) in [7, 11) is 1.78. The number of benzene rings is 1. The van der Waals surface area contributed by atoms with Crippen LogP contribution in [0.5, 0.6) is 0 Å². The number of nitrogens with zero attached hydrogens (tertiary/aromatic N) is 3. The fraction of sp³-hybridized carbons (Fsp3) is 0.278. The van der Waals surface area contributed by atoms with Gasteiger partial charge in [0.1, 0.15) is 10.6 Å². The van der Waals surface area contributed by atoms with Crippen LogP contribution >= 0.6 is 11.3 Å². The number of para-hydroxylation sites is 1. The largest absolute Gasteiger partial charge is 0.350 e. The van der Waals surface area contributed by atoms with Gasteiger partial charge >= 0.3 is 0 Å². The minimum atomic E-state index is -0.0409. The molecule has 1 N–H and O–H groups in total. The zero-order valence-electron chi connectivity index (χ0n) is 14.0. The van der Waals surface area contributed by atoms with Crippen LogP contribution in [0.4, 0.5) is 0 Å². The number of carbonyl (C=O) groups is 2. The molecule has 25 heavy (non-hydrogen) atoms. The molecule has 3 heterocycles. The van der Waals surface area contributed by atoms with Crippen molar-refractivity contribution in [2.45, 2.75) is 13.0 Å². The number of H-pyrrole nitrogens is 1. The van der Waals surface area contributed by atoms with E-state index in [0.717, 1.165) is 16.5 Å². The van der Waals surface area contributed by atoms with Crippen LogP contribution in [0.3, 0.4) is 0 Å². The molecule has 0 radical (unpaired) electrons. The monoisotopic (exact) mass is 354 g/mol. The maximum Gasteiger partial charge on any atom is 0.270 e. The first kappa shape index (κ1) is 15.8. The van der Waals surface area contributed by atoms with Crippen molar-refractivity contribution in [1.29, 1.82) is 0 Å². The van der Waals surface area contributed by atoms with E-state index < -0.39 is 0 Å². The number of thiazole rings is 1. The van der Waals surface area contributed by atoms with E-state index in [-0.39, 0.29) is 17.9 Å². The average Bonchev–Trinajstić information content (AvgIpc) is 3.22. The second-order valence-electron chi connectivity index (χ2n) is 6.37. The van der Waals surface area contributed by atoms with Gasteiger partial charge in [-0.3, -0.25) is 14.6 Å². The lowest BCUT2D eigenvalue weighted by molar-refractivity contribution is 0.0295. The molecule has 7 heteroatoms. The van der Waals surface area contributed by atoms with Gasteiger partial charge < -0.3 is 14.8 Å². The lowest BCUT2D eigenvalue weighted by atomic mass is 10.1. The van der Waals surface area contributed by atoms with Crippen molar-refractivity contribution in [2.24, 2.45) is 0 Å². The number of amides is 2. The van der Waals surface area contributed by atoms with Crippen LogP contribution in [0.2, 0.25) is 0 Å². The first-order chi connectivity index (χ1) is 12.0. The summed E-state index contributed by atoms with van der Waals surface area (Å²) in [5, 5.41) is 1.04. The van der Waals surface area contributed by atoms with Crippen LogP contribution in [-0.4, -0.2) is 57.8 Å². The van der Waals surface area contributed by atoms with Crippen LogP contribution in [0.15, 0.2) is 36.0 Å². The molecule has 4 rings (SSSR count). The maximum absolute atomic E-state index is 12.7. The Bertz CT molecular complexity index is 941. The van der Waals surface area contributed by atoms with Crippen LogP contribution in [0.1, 0.15) is 25.7 Å². The molecule has 2 aromatic heterocycles. The summed E-state index contributed by atoms with van der Waals surface area (Å²) >= 11 is 1.33. The predicted octanol–water partition coefficient (Wildman–Crippen LogP) is 2.53. The molecule has 2 amide bonds. The first-order valence-corrected chi connectivity index (χ1v) is 8.96. The first-order valence-electron chi connectivity index (χ1n) is 8.08. The van der Waals surface area contributed by atoms with Gasteiger partial charge in [-0.15, -0.1) is 11.3 Å². The summed E-state index contributed by atoms with van der Waals surface area (Å²) in [5.74, 6) is -0.0636. The Morgan fingerprint density at radius 2 is 2.16 bits per heavy atom. The van der Waals surface area contributed by atoms with Crippen molar-refractivity contribution in [3.8, 4) is 0 Å². The molecule has 1 aromatic carbocycles. The van der Waals surface area contributed by atoms with E-state index in [2.05, 4.69) is 9.97 Å². The van der Waals surface area contributed by atoms with Gasteiger partial charge in [-0.05, 0) is 18.6 Å². The van der Waals surface area contributed by atoms with Gasteiger partial charge in [-0.2, -0.15) is 0 Å². The van der Waals surface area contributed by atoms with E-state index in [4.69, 9.17) is 0 Å². The van der Waals surface area contributed by atoms with E-state index >= 15 is 0 Å². The molecular weight excluding hydrogens is 336 g/mol. The molecule has 3 aromatic rings. The highest BCUT2D eigenvalue weighted by atomic mass is 32.1. The molecule has 0 unspecified atom stereocenters. The molecular formula is C18H18N4O2S. The normalized spacial score (nSPS) is 14.6. The Labute approximate surface area is 149 Å². The third-order valence-corrected chi connectivity index (χ3v) is 5.52. The molecule has 0 spiro atoms. The topological polar surface area (TPSA) is 69.3 Å². The standard InChI is InChI=1S/C18H18N4O2S/c1-11-4-3-5-12-6-14(20-16(11)12)17(23)22-8-13(9-22)21(2)18(24)15-7-19-10-25-15/h3-7,10,13,20H,8-9H2,1-2H3. The summed E-state index contributed by atoms with van der Waals surface area (Å²) in [6.07, 6.45) is 1.58. The number of fused-ring (bicyclic) bond motifs is 1. The number of nitrogens with one attached hydrogen (secondary N) is 1. The average molecular weight is 354 g/mol. The maximum atomic E-state index is 12.7. The minimum Gasteiger partial charge on any atom is -0.350 e. The van der Waals surface area contributed by atoms with E-state index in [1.807, 2.05) is 31.2 Å². The number of aromatic amines is 1. The molecule has 1 aliphatic heterocycles. The molecule has 1 aliphatic rings. The van der Waals surface area contributed by atoms with Crippen molar-refractivity contribution < 1.29 is 9.59 Å². The Morgan fingerprint density at radius 1 is 1.36 bits per heavy atom. The van der Waals surface area contributed by atoms with E-state index in [9.17, 15) is 9.59 Å². The molecule has 0 atom stereocenters. The molecule has 0 aliphatic carbocycles. The van der Waals surface area contributed by atoms with Crippen LogP contribution in [0, 0.1) is 6.92 Å². The highest BCUT2D eigenvalue weighted by Gasteiger charge is 2.36. The van der Waals surface area contributed by atoms with Crippen LogP contribution in [0.25, 0.3) is 10.9 Å². The summed E-state index contributed by atoms with van der Waals surface area (Å²) in [5.41, 5.74) is 4.36. The highest BCUT2D eigenvalue weighted by Crippen LogP contribution is 2.23. The van der Waals surface area contributed by atoms with E-state index in [0.29, 0.717) is 23.7 Å². The second-order valence-corrected chi connectivity index (χ2v) is 7.25. The lowest BCUT2D eigenvalue weighted by Crippen LogP contribution is -2.61. The van der Waals surface area contributed by atoms with Gasteiger partial charge in [-0.25, -0.2) is 0 Å². The number of rotatable bonds is 3. The molecule has 0 saturated carbocycles. The molecule has 6 nitrogen and oxygen atoms in total. The third kappa shape index (κ3) is 2.70. The molecule has 0 bridgehead atoms. The number of aryl methyl sites for hydroxylation is 1. The predicted molar refractivity (Wildman–Crippen MR) is 96.9 cm³/mol. The summed E-state index contributed by atoms with van der Waals surface area (Å²) in [6, 6.07) is 7.94. The Hall–Kier alpha value is -2.67. The number of likely N-dealkylation sites (tertiary alicyclic amines) is 1. The van der Waals surface area contributed by atoms with Gasteiger partial charge in [0.2, 0.25) is 0 Å². The minimum absolute atomic E-state index is 0.0227.